The molecule has 74 valence electrons. The third-order valence-corrected chi connectivity index (χ3v) is 1.97. The Labute approximate surface area is 84.6 Å². The second-order valence-corrected chi connectivity index (χ2v) is 2.83. The molecular formula is C8H10N4O2. The molecule has 0 saturated heterocycles. The largest absolute Gasteiger partial charge is 0.332 e. The summed E-state index contributed by atoms with van der Waals surface area (Å²) in [6.07, 6.45) is -0.251. The monoisotopic (exact) mass is 198 g/mol. The lowest BCUT2D eigenvalue weighted by Crippen LogP contribution is -2.37. The van der Waals surface area contributed by atoms with Crippen LogP contribution in [0.2, 0.25) is 0 Å². The molecule has 2 aromatic heterocycles. The van der Waals surface area contributed by atoms with Crippen LogP contribution in [0, 0.1) is 0 Å². The van der Waals surface area contributed by atoms with E-state index in [9.17, 15) is 9.59 Å². The van der Waals surface area contributed by atoms with E-state index in [2.05, 4.69) is 4.98 Å². The molecule has 0 N–H and O–H groups in total. The van der Waals surface area contributed by atoms with Crippen molar-refractivity contribution in [3.63, 3.8) is 0 Å². The number of aryl methyl sites for hydroxylation is 2. The Morgan fingerprint density at radius 1 is 1.50 bits per heavy atom. The third-order valence-electron chi connectivity index (χ3n) is 1.97. The van der Waals surface area contributed by atoms with Crippen molar-refractivity contribution >= 4 is 11.2 Å². The van der Waals surface area contributed by atoms with Crippen molar-refractivity contribution in [3.8, 4) is 0 Å². The smallest absolute Gasteiger partial charge is 0.328 e. The molecule has 6 nitrogen and oxygen atoms in total. The van der Waals surface area contributed by atoms with Crippen molar-refractivity contribution in [1.82, 2.24) is 18.7 Å². The lowest BCUT2D eigenvalue weighted by atomic mass is 10.5. The van der Waals surface area contributed by atoms with Gasteiger partial charge >= 0.3 is 5.69 Å². The van der Waals surface area contributed by atoms with Crippen LogP contribution in [0.5, 0.6) is 0 Å². The Morgan fingerprint density at radius 3 is 2.93 bits per heavy atom. The van der Waals surface area contributed by atoms with Crippen LogP contribution in [-0.2, 0) is 21.1 Å². The highest BCUT2D eigenvalue weighted by atomic mass is 16.2. The van der Waals surface area contributed by atoms with Crippen LogP contribution in [-0.4, -0.2) is 18.7 Å². The van der Waals surface area contributed by atoms with Gasteiger partial charge in [-0.2, -0.15) is 0 Å². The fourth-order valence-corrected chi connectivity index (χ4v) is 1.22. The second-order valence-electron chi connectivity index (χ2n) is 2.83. The third kappa shape index (κ3) is 0.876. The molecular weight excluding hydrogens is 184 g/mol. The highest BCUT2D eigenvalue weighted by Gasteiger charge is 2.11. The summed E-state index contributed by atoms with van der Waals surface area (Å²) >= 11 is 0. The lowest BCUT2D eigenvalue weighted by Gasteiger charge is -2.02. The van der Waals surface area contributed by atoms with Crippen LogP contribution in [0.25, 0.3) is 11.2 Å². The van der Waals surface area contributed by atoms with Gasteiger partial charge in [0.15, 0.2) is 11.2 Å². The van der Waals surface area contributed by atoms with Crippen molar-refractivity contribution in [2.45, 2.75) is 0 Å². The van der Waals surface area contributed by atoms with Gasteiger partial charge in [-0.25, -0.2) is 9.78 Å². The van der Waals surface area contributed by atoms with Crippen LogP contribution in [0.15, 0.2) is 15.9 Å². The van der Waals surface area contributed by atoms with Crippen LogP contribution < -0.4 is 11.2 Å². The first-order chi connectivity index (χ1) is 8.40. The number of rotatable bonds is 0. The molecule has 0 radical (unpaired) electrons. The van der Waals surface area contributed by atoms with E-state index in [-0.39, 0.29) is 17.5 Å². The van der Waals surface area contributed by atoms with Gasteiger partial charge in [-0.15, -0.1) is 0 Å². The van der Waals surface area contributed by atoms with Gasteiger partial charge in [0.2, 0.25) is 0 Å². The zero-order valence-electron chi connectivity index (χ0n) is 11.4. The molecule has 0 unspecified atom stereocenters. The Hall–Kier alpha value is -1.85. The average Bonchev–Trinajstić information content (AvgIpc) is 2.55. The summed E-state index contributed by atoms with van der Waals surface area (Å²) in [6, 6.07) is 0. The first-order valence-electron chi connectivity index (χ1n) is 6.08. The van der Waals surface area contributed by atoms with E-state index < -0.39 is 25.3 Å². The first-order valence-corrected chi connectivity index (χ1v) is 3.72. The lowest BCUT2D eigenvalue weighted by molar-refractivity contribution is 0.705. The number of nitrogens with zero attached hydrogens (tertiary/aromatic N) is 4. The van der Waals surface area contributed by atoms with Gasteiger partial charge in [-0.1, -0.05) is 0 Å². The fourth-order valence-electron chi connectivity index (χ4n) is 1.22. The summed E-state index contributed by atoms with van der Waals surface area (Å²) in [5, 5.41) is 0. The highest BCUT2D eigenvalue weighted by Crippen LogP contribution is 2.01. The van der Waals surface area contributed by atoms with Gasteiger partial charge in [0.1, 0.15) is 1.37 Å². The summed E-state index contributed by atoms with van der Waals surface area (Å²) in [5.74, 6) is 0. The van der Waals surface area contributed by atoms with E-state index >= 15 is 0 Å². The summed E-state index contributed by atoms with van der Waals surface area (Å²) in [4.78, 5) is 27.5. The van der Waals surface area contributed by atoms with E-state index in [1.807, 2.05) is 0 Å². The number of aromatic nitrogens is 4. The average molecular weight is 198 g/mol. The molecule has 0 atom stereocenters. The Bertz CT molecular complexity index is 729. The van der Waals surface area contributed by atoms with Gasteiger partial charge in [0.05, 0.1) is 6.30 Å². The molecule has 0 bridgehead atoms. The number of imidazole rings is 1. The summed E-state index contributed by atoms with van der Waals surface area (Å²) < 4.78 is 31.7. The first kappa shape index (κ1) is 5.14. The normalized spacial score (nSPS) is 15.3. The molecule has 0 aliphatic rings. The van der Waals surface area contributed by atoms with E-state index in [4.69, 9.17) is 5.48 Å². The minimum Gasteiger partial charge on any atom is -0.328 e. The second kappa shape index (κ2) is 2.57. The number of hydrogen-bond acceptors (Lipinski definition) is 3. The molecule has 14 heavy (non-hydrogen) atoms. The maximum absolute atomic E-state index is 12.0. The maximum atomic E-state index is 12.0. The van der Waals surface area contributed by atoms with Crippen LogP contribution in [0.4, 0.5) is 0 Å². The summed E-state index contributed by atoms with van der Waals surface area (Å²) in [7, 11) is 0.809. The molecule has 0 fully saturated rings. The van der Waals surface area contributed by atoms with E-state index in [0.29, 0.717) is 9.13 Å². The van der Waals surface area contributed by atoms with E-state index in [0.717, 1.165) is 4.57 Å². The highest BCUT2D eigenvalue weighted by molar-refractivity contribution is 5.69. The van der Waals surface area contributed by atoms with Crippen LogP contribution in [0.3, 0.4) is 0 Å². The molecule has 0 aliphatic carbocycles. The predicted octanol–water partition coefficient (Wildman–Crippen LogP) is -1.03. The Morgan fingerprint density at radius 2 is 2.29 bits per heavy atom. The van der Waals surface area contributed by atoms with Gasteiger partial charge in [-0.05, 0) is 0 Å². The molecule has 0 aliphatic heterocycles. The maximum Gasteiger partial charge on any atom is 0.332 e. The SMILES string of the molecule is [2H]Cn1c(=O)c2c(nc([2H])n2C)n(C([2H])[2H])c1=O. The Balaban J connectivity index is 3.13. The van der Waals surface area contributed by atoms with Gasteiger partial charge in [0.25, 0.3) is 5.56 Å². The van der Waals surface area contributed by atoms with Crippen LogP contribution >= 0.6 is 0 Å². The van der Waals surface area contributed by atoms with Gasteiger partial charge < -0.3 is 4.57 Å². The number of fused-ring (bicyclic) bond motifs is 1. The molecule has 0 saturated carbocycles. The topological polar surface area (TPSA) is 61.8 Å². The zero-order chi connectivity index (χ0) is 13.6. The van der Waals surface area contributed by atoms with Crippen molar-refractivity contribution in [2.75, 3.05) is 0 Å². The molecule has 0 aromatic carbocycles. The van der Waals surface area contributed by atoms with Crippen LogP contribution in [0.1, 0.15) is 5.48 Å². The van der Waals surface area contributed by atoms with E-state index in [1.54, 1.807) is 0 Å². The molecule has 2 aromatic rings. The molecule has 2 heterocycles. The molecule has 0 spiro atoms. The number of hydrogen-bond donors (Lipinski definition) is 0. The summed E-state index contributed by atoms with van der Waals surface area (Å²) in [5.41, 5.74) is -1.90. The van der Waals surface area contributed by atoms with Gasteiger partial charge in [0, 0.05) is 25.2 Å². The van der Waals surface area contributed by atoms with Crippen molar-refractivity contribution in [1.29, 1.82) is 0 Å². The molecule has 6 heteroatoms. The minimum atomic E-state index is -1.70. The van der Waals surface area contributed by atoms with Crippen molar-refractivity contribution in [3.05, 3.63) is 27.1 Å². The van der Waals surface area contributed by atoms with E-state index in [1.165, 1.54) is 7.05 Å². The predicted molar refractivity (Wildman–Crippen MR) is 51.2 cm³/mol. The van der Waals surface area contributed by atoms with Crippen molar-refractivity contribution in [2.24, 2.45) is 21.1 Å². The standard InChI is InChI=1S/C8H10N4O2/c1-10-4-9-6-5(10)7(13)12(3)8(14)11(6)2/h4H,1-3H3/i2D2,3D,4D. The van der Waals surface area contributed by atoms with Gasteiger partial charge in [-0.3, -0.25) is 13.9 Å². The minimum absolute atomic E-state index is 0.0589. The van der Waals surface area contributed by atoms with Crippen molar-refractivity contribution < 1.29 is 5.48 Å². The Kier molecular flexibility index (Phi) is 0.942. The quantitative estimate of drug-likeness (QED) is 0.544. The summed E-state index contributed by atoms with van der Waals surface area (Å²) in [6.45, 7) is -1.70. The zero-order valence-corrected chi connectivity index (χ0v) is 7.39. The molecule has 0 amide bonds. The fraction of sp³-hybridized carbons (Fsp3) is 0.375. The molecule has 2 rings (SSSR count).